The molecule has 0 spiro atoms. The molecule has 1 saturated heterocycles. The second-order valence-corrected chi connectivity index (χ2v) is 6.72. The summed E-state index contributed by atoms with van der Waals surface area (Å²) >= 11 is 0. The van der Waals surface area contributed by atoms with Gasteiger partial charge in [0.2, 0.25) is 17.7 Å². The van der Waals surface area contributed by atoms with Crippen LogP contribution in [0, 0.1) is 0 Å². The molecule has 2 aromatic carbocycles. The molecule has 2 amide bonds. The van der Waals surface area contributed by atoms with Crippen molar-refractivity contribution in [1.29, 1.82) is 0 Å². The van der Waals surface area contributed by atoms with Crippen molar-refractivity contribution in [2.24, 2.45) is 0 Å². The number of aryl methyl sites for hydroxylation is 1. The number of amides is 2. The topological polar surface area (TPSA) is 88.3 Å². The maximum atomic E-state index is 12.3. The van der Waals surface area contributed by atoms with Crippen LogP contribution in [0.1, 0.15) is 30.2 Å². The quantitative estimate of drug-likeness (QED) is 0.714. The molecule has 1 fully saturated rings. The molecule has 2 heterocycles. The van der Waals surface area contributed by atoms with E-state index in [0.717, 1.165) is 11.3 Å². The molecule has 4 rings (SSSR count). The Kier molecular flexibility index (Phi) is 5.14. The van der Waals surface area contributed by atoms with E-state index < -0.39 is 0 Å². The zero-order valence-electron chi connectivity index (χ0n) is 15.2. The van der Waals surface area contributed by atoms with Gasteiger partial charge in [0.1, 0.15) is 0 Å². The number of nitrogens with one attached hydrogen (secondary N) is 1. The van der Waals surface area contributed by atoms with Crippen molar-refractivity contribution < 1.29 is 14.0 Å². The van der Waals surface area contributed by atoms with E-state index in [1.807, 2.05) is 60.7 Å². The molecule has 1 aliphatic heterocycles. The summed E-state index contributed by atoms with van der Waals surface area (Å²) in [6, 6.07) is 19.3. The van der Waals surface area contributed by atoms with Crippen LogP contribution >= 0.6 is 0 Å². The number of rotatable bonds is 6. The minimum Gasteiger partial charge on any atom is -0.407 e. The van der Waals surface area contributed by atoms with Crippen LogP contribution in [-0.4, -0.2) is 28.6 Å². The van der Waals surface area contributed by atoms with Gasteiger partial charge in [-0.3, -0.25) is 14.9 Å². The van der Waals surface area contributed by atoms with E-state index in [0.29, 0.717) is 31.7 Å². The highest BCUT2D eigenvalue weighted by Gasteiger charge is 2.35. The highest BCUT2D eigenvalue weighted by Crippen LogP contribution is 2.31. The number of carbonyl (C=O) groups is 2. The molecular weight excluding hydrogens is 356 g/mol. The molecule has 1 N–H and O–H groups in total. The van der Waals surface area contributed by atoms with Gasteiger partial charge in [-0.25, -0.2) is 0 Å². The van der Waals surface area contributed by atoms with Crippen molar-refractivity contribution in [2.75, 3.05) is 16.8 Å². The van der Waals surface area contributed by atoms with E-state index in [2.05, 4.69) is 15.5 Å². The van der Waals surface area contributed by atoms with Crippen LogP contribution in [0.3, 0.4) is 0 Å². The van der Waals surface area contributed by atoms with E-state index in [1.165, 1.54) is 0 Å². The Morgan fingerprint density at radius 1 is 1.07 bits per heavy atom. The molecule has 0 aliphatic carbocycles. The SMILES string of the molecule is O=C(CCc1ccccc1)Nc1nnc(C2CC(=O)N(c3ccccc3)C2)o1. The lowest BCUT2D eigenvalue weighted by molar-refractivity contribution is -0.117. The minimum atomic E-state index is -0.188. The number of anilines is 2. The summed E-state index contributed by atoms with van der Waals surface area (Å²) < 4.78 is 5.59. The van der Waals surface area contributed by atoms with Crippen molar-refractivity contribution in [3.63, 3.8) is 0 Å². The predicted molar refractivity (Wildman–Crippen MR) is 104 cm³/mol. The number of benzene rings is 2. The lowest BCUT2D eigenvalue weighted by atomic mass is 10.1. The van der Waals surface area contributed by atoms with E-state index in [1.54, 1.807) is 4.90 Å². The third-order valence-electron chi connectivity index (χ3n) is 4.71. The van der Waals surface area contributed by atoms with Gasteiger partial charge in [0, 0.05) is 25.1 Å². The Morgan fingerprint density at radius 3 is 2.54 bits per heavy atom. The second kappa shape index (κ2) is 8.04. The van der Waals surface area contributed by atoms with Crippen molar-refractivity contribution in [3.05, 3.63) is 72.1 Å². The summed E-state index contributed by atoms with van der Waals surface area (Å²) in [6.45, 7) is 0.479. The average Bonchev–Trinajstić information content (AvgIpc) is 3.34. The van der Waals surface area contributed by atoms with E-state index in [-0.39, 0.29) is 23.7 Å². The molecule has 3 aromatic rings. The van der Waals surface area contributed by atoms with E-state index in [4.69, 9.17) is 4.42 Å². The molecule has 142 valence electrons. The summed E-state index contributed by atoms with van der Waals surface area (Å²) in [5, 5.41) is 10.6. The van der Waals surface area contributed by atoms with Gasteiger partial charge in [0.05, 0.1) is 5.92 Å². The first-order chi connectivity index (χ1) is 13.7. The van der Waals surface area contributed by atoms with Crippen molar-refractivity contribution in [1.82, 2.24) is 10.2 Å². The average molecular weight is 376 g/mol. The highest BCUT2D eigenvalue weighted by molar-refractivity contribution is 5.96. The normalized spacial score (nSPS) is 16.4. The maximum absolute atomic E-state index is 12.3. The van der Waals surface area contributed by atoms with E-state index >= 15 is 0 Å². The molecule has 0 bridgehead atoms. The van der Waals surface area contributed by atoms with Crippen LogP contribution in [0.4, 0.5) is 11.7 Å². The van der Waals surface area contributed by atoms with Gasteiger partial charge in [-0.1, -0.05) is 53.6 Å². The van der Waals surface area contributed by atoms with Gasteiger partial charge >= 0.3 is 6.01 Å². The monoisotopic (exact) mass is 376 g/mol. The number of nitrogens with zero attached hydrogens (tertiary/aromatic N) is 3. The number of carbonyl (C=O) groups excluding carboxylic acids is 2. The predicted octanol–water partition coefficient (Wildman–Crippen LogP) is 3.16. The van der Waals surface area contributed by atoms with Gasteiger partial charge in [0.15, 0.2) is 0 Å². The highest BCUT2D eigenvalue weighted by atomic mass is 16.4. The first-order valence-corrected chi connectivity index (χ1v) is 9.21. The first kappa shape index (κ1) is 17.9. The number of hydrogen-bond acceptors (Lipinski definition) is 5. The Bertz CT molecular complexity index is 956. The maximum Gasteiger partial charge on any atom is 0.322 e. The minimum absolute atomic E-state index is 0.0165. The number of hydrogen-bond donors (Lipinski definition) is 1. The summed E-state index contributed by atoms with van der Waals surface area (Å²) in [5.74, 6) is 0.00984. The summed E-state index contributed by atoms with van der Waals surface area (Å²) in [4.78, 5) is 26.1. The fourth-order valence-electron chi connectivity index (χ4n) is 3.26. The van der Waals surface area contributed by atoms with Crippen LogP contribution in [0.2, 0.25) is 0 Å². The molecule has 7 heteroatoms. The molecule has 1 unspecified atom stereocenters. The van der Waals surface area contributed by atoms with Gasteiger partial charge in [-0.15, -0.1) is 5.10 Å². The van der Waals surface area contributed by atoms with E-state index in [9.17, 15) is 9.59 Å². The lowest BCUT2D eigenvalue weighted by Gasteiger charge is -2.15. The van der Waals surface area contributed by atoms with Crippen LogP contribution in [-0.2, 0) is 16.0 Å². The lowest BCUT2D eigenvalue weighted by Crippen LogP contribution is -2.24. The largest absolute Gasteiger partial charge is 0.407 e. The summed E-state index contributed by atoms with van der Waals surface area (Å²) in [7, 11) is 0. The van der Waals surface area contributed by atoms with Gasteiger partial charge in [0.25, 0.3) is 0 Å². The van der Waals surface area contributed by atoms with Gasteiger partial charge in [-0.05, 0) is 24.1 Å². The van der Waals surface area contributed by atoms with Crippen LogP contribution < -0.4 is 10.2 Å². The molecule has 1 atom stereocenters. The zero-order chi connectivity index (χ0) is 19.3. The van der Waals surface area contributed by atoms with Gasteiger partial charge < -0.3 is 9.32 Å². The first-order valence-electron chi connectivity index (χ1n) is 9.21. The smallest absolute Gasteiger partial charge is 0.322 e. The Morgan fingerprint density at radius 2 is 1.79 bits per heavy atom. The molecule has 28 heavy (non-hydrogen) atoms. The van der Waals surface area contributed by atoms with Crippen molar-refractivity contribution in [2.45, 2.75) is 25.2 Å². The second-order valence-electron chi connectivity index (χ2n) is 6.72. The summed E-state index contributed by atoms with van der Waals surface area (Å²) in [6.07, 6.45) is 1.26. The molecular formula is C21H20N4O3. The molecule has 0 saturated carbocycles. The fourth-order valence-corrected chi connectivity index (χ4v) is 3.26. The number of aromatic nitrogens is 2. The Hall–Kier alpha value is -3.48. The zero-order valence-corrected chi connectivity index (χ0v) is 15.2. The molecule has 7 nitrogen and oxygen atoms in total. The Balaban J connectivity index is 1.34. The standard InChI is InChI=1S/C21H20N4O3/c26-18(12-11-15-7-3-1-4-8-15)22-21-24-23-20(28-21)16-13-19(27)25(14-16)17-9-5-2-6-10-17/h1-10,16H,11-14H2,(H,22,24,26). The molecule has 1 aliphatic rings. The van der Waals surface area contributed by atoms with Crippen LogP contribution in [0.5, 0.6) is 0 Å². The fraction of sp³-hybridized carbons (Fsp3) is 0.238. The third-order valence-corrected chi connectivity index (χ3v) is 4.71. The van der Waals surface area contributed by atoms with Crippen molar-refractivity contribution in [3.8, 4) is 0 Å². The summed E-state index contributed by atoms with van der Waals surface area (Å²) in [5.41, 5.74) is 1.94. The third kappa shape index (κ3) is 4.09. The molecule has 0 radical (unpaired) electrons. The van der Waals surface area contributed by atoms with Crippen molar-refractivity contribution >= 4 is 23.5 Å². The van der Waals surface area contributed by atoms with Crippen LogP contribution in [0.25, 0.3) is 0 Å². The van der Waals surface area contributed by atoms with Gasteiger partial charge in [-0.2, -0.15) is 0 Å². The molecule has 1 aromatic heterocycles. The Labute approximate surface area is 162 Å². The van der Waals surface area contributed by atoms with Crippen LogP contribution in [0.15, 0.2) is 65.1 Å². The number of para-hydroxylation sites is 1.